The molecule has 1 saturated heterocycles. The summed E-state index contributed by atoms with van der Waals surface area (Å²) in [6.07, 6.45) is 0. The first-order valence-electron chi connectivity index (χ1n) is 11.4. The van der Waals surface area contributed by atoms with E-state index in [1.165, 1.54) is 23.1 Å². The number of nitrogens with zero attached hydrogens (tertiary/aromatic N) is 3. The summed E-state index contributed by atoms with van der Waals surface area (Å²) in [7, 11) is 3.68. The highest BCUT2D eigenvalue weighted by Crippen LogP contribution is 2.40. The van der Waals surface area contributed by atoms with Gasteiger partial charge in [-0.3, -0.25) is 19.7 Å². The van der Waals surface area contributed by atoms with Crippen molar-refractivity contribution in [3.8, 4) is 5.75 Å². The number of ether oxygens (including phenoxy) is 1. The average Bonchev–Trinajstić information content (AvgIpc) is 3.06. The van der Waals surface area contributed by atoms with Gasteiger partial charge in [-0.1, -0.05) is 26.0 Å². The second-order valence-corrected chi connectivity index (χ2v) is 9.33. The Labute approximate surface area is 204 Å². The number of non-ortho nitro benzene ring substituents is 1. The van der Waals surface area contributed by atoms with Crippen LogP contribution in [0.5, 0.6) is 5.75 Å². The highest BCUT2D eigenvalue weighted by atomic mass is 16.6. The van der Waals surface area contributed by atoms with Crippen LogP contribution in [0.2, 0.25) is 0 Å². The van der Waals surface area contributed by atoms with Gasteiger partial charge in [0, 0.05) is 30.8 Å². The highest BCUT2D eigenvalue weighted by molar-refractivity contribution is 6.46. The predicted octanol–water partition coefficient (Wildman–Crippen LogP) is 3.92. The van der Waals surface area contributed by atoms with Crippen LogP contribution in [0.4, 0.5) is 5.69 Å². The summed E-state index contributed by atoms with van der Waals surface area (Å²) in [5, 5.41) is 22.7. The van der Waals surface area contributed by atoms with Crippen molar-refractivity contribution in [3.63, 3.8) is 0 Å². The molecule has 0 spiro atoms. The number of aliphatic hydroxyl groups is 1. The van der Waals surface area contributed by atoms with E-state index in [1.807, 2.05) is 32.8 Å². The highest BCUT2D eigenvalue weighted by Gasteiger charge is 2.46. The lowest BCUT2D eigenvalue weighted by Gasteiger charge is -2.26. The zero-order valence-corrected chi connectivity index (χ0v) is 20.6. The first-order chi connectivity index (χ1) is 16.5. The lowest BCUT2D eigenvalue weighted by molar-refractivity contribution is -0.384. The third-order valence-corrected chi connectivity index (χ3v) is 5.76. The van der Waals surface area contributed by atoms with E-state index in [-0.39, 0.29) is 23.6 Å². The maximum atomic E-state index is 13.2. The number of carbonyl (C=O) groups is 2. The summed E-state index contributed by atoms with van der Waals surface area (Å²) >= 11 is 0. The molecule has 0 saturated carbocycles. The van der Waals surface area contributed by atoms with Crippen LogP contribution in [0.1, 0.15) is 36.6 Å². The molecule has 9 nitrogen and oxygen atoms in total. The van der Waals surface area contributed by atoms with Crippen molar-refractivity contribution in [2.24, 2.45) is 5.92 Å². The Morgan fingerprint density at radius 2 is 1.91 bits per heavy atom. The van der Waals surface area contributed by atoms with Crippen LogP contribution in [0.15, 0.2) is 48.0 Å². The van der Waals surface area contributed by atoms with Crippen molar-refractivity contribution in [1.82, 2.24) is 9.80 Å². The second-order valence-electron chi connectivity index (χ2n) is 9.33. The van der Waals surface area contributed by atoms with E-state index in [0.29, 0.717) is 41.5 Å². The first kappa shape index (κ1) is 25.9. The summed E-state index contributed by atoms with van der Waals surface area (Å²) < 4.78 is 5.75. The number of hydrogen-bond donors (Lipinski definition) is 1. The number of aryl methyl sites for hydroxylation is 1. The van der Waals surface area contributed by atoms with Gasteiger partial charge in [0.1, 0.15) is 11.5 Å². The quantitative estimate of drug-likeness (QED) is 0.190. The Morgan fingerprint density at radius 3 is 2.51 bits per heavy atom. The molecule has 2 aromatic carbocycles. The fraction of sp³-hybridized carbons (Fsp3) is 0.385. The fourth-order valence-electron chi connectivity index (χ4n) is 3.97. The standard InChI is InChI=1S/C26H31N3O6/c1-16(2)15-35-20-9-10-21(17(3)13-20)24(30)22-23(18-7-6-8-19(14-18)29(33)34)28(12-11-27(4)5)26(32)25(22)31/h6-10,13-14,16,23,30H,11-12,15H2,1-5H3/t23-/m1/s1. The summed E-state index contributed by atoms with van der Waals surface area (Å²) in [5.41, 5.74) is 1.19. The molecular formula is C26H31N3O6. The Kier molecular flexibility index (Phi) is 7.91. The summed E-state index contributed by atoms with van der Waals surface area (Å²) in [4.78, 5) is 40.2. The maximum Gasteiger partial charge on any atom is 0.295 e. The van der Waals surface area contributed by atoms with Crippen molar-refractivity contribution in [1.29, 1.82) is 0 Å². The zero-order valence-electron chi connectivity index (χ0n) is 20.6. The van der Waals surface area contributed by atoms with Crippen LogP contribution in [-0.4, -0.2) is 65.3 Å². The molecule has 0 unspecified atom stereocenters. The monoisotopic (exact) mass is 481 g/mol. The SMILES string of the molecule is Cc1cc(OCC(C)C)ccc1C(O)=C1C(=O)C(=O)N(CCN(C)C)[C@@H]1c1cccc([N+](=O)[O-])c1. The largest absolute Gasteiger partial charge is 0.507 e. The molecular weight excluding hydrogens is 450 g/mol. The van der Waals surface area contributed by atoms with Crippen LogP contribution >= 0.6 is 0 Å². The zero-order chi connectivity index (χ0) is 25.9. The second kappa shape index (κ2) is 10.7. The van der Waals surface area contributed by atoms with Gasteiger partial charge in [0.15, 0.2) is 0 Å². The van der Waals surface area contributed by atoms with Crippen LogP contribution in [-0.2, 0) is 9.59 Å². The molecule has 0 bridgehead atoms. The molecule has 0 radical (unpaired) electrons. The molecule has 9 heteroatoms. The van der Waals surface area contributed by atoms with E-state index >= 15 is 0 Å². The molecule has 0 aromatic heterocycles. The first-order valence-corrected chi connectivity index (χ1v) is 11.4. The Morgan fingerprint density at radius 1 is 1.20 bits per heavy atom. The minimum absolute atomic E-state index is 0.0896. The smallest absolute Gasteiger partial charge is 0.295 e. The number of Topliss-reactive ketones (excluding diaryl/α,β-unsaturated/α-hetero) is 1. The number of hydrogen-bond acceptors (Lipinski definition) is 7. The molecule has 0 aliphatic carbocycles. The van der Waals surface area contributed by atoms with Gasteiger partial charge in [0.05, 0.1) is 23.1 Å². The number of rotatable bonds is 9. The van der Waals surface area contributed by atoms with Crippen molar-refractivity contribution in [2.45, 2.75) is 26.8 Å². The Balaban J connectivity index is 2.12. The minimum Gasteiger partial charge on any atom is -0.507 e. The lowest BCUT2D eigenvalue weighted by Crippen LogP contribution is -2.35. The molecule has 1 N–H and O–H groups in total. The van der Waals surface area contributed by atoms with E-state index in [0.717, 1.165) is 0 Å². The number of likely N-dealkylation sites (tertiary alicyclic amines) is 1. The van der Waals surface area contributed by atoms with Crippen LogP contribution in [0, 0.1) is 23.0 Å². The van der Waals surface area contributed by atoms with Gasteiger partial charge in [-0.15, -0.1) is 0 Å². The number of benzene rings is 2. The van der Waals surface area contributed by atoms with Crippen molar-refractivity contribution >= 4 is 23.1 Å². The molecule has 35 heavy (non-hydrogen) atoms. The third kappa shape index (κ3) is 5.68. The maximum absolute atomic E-state index is 13.2. The van der Waals surface area contributed by atoms with Crippen LogP contribution < -0.4 is 4.74 Å². The molecule has 1 aliphatic heterocycles. The van der Waals surface area contributed by atoms with E-state index in [2.05, 4.69) is 0 Å². The number of nitro groups is 1. The Hall–Kier alpha value is -3.72. The van der Waals surface area contributed by atoms with Gasteiger partial charge in [0.25, 0.3) is 17.4 Å². The van der Waals surface area contributed by atoms with Gasteiger partial charge in [-0.25, -0.2) is 0 Å². The van der Waals surface area contributed by atoms with Gasteiger partial charge in [0.2, 0.25) is 0 Å². The number of amides is 1. The number of carbonyl (C=O) groups excluding carboxylic acids is 2. The van der Waals surface area contributed by atoms with E-state index in [4.69, 9.17) is 4.74 Å². The molecule has 1 heterocycles. The molecule has 1 atom stereocenters. The number of likely N-dealkylation sites (N-methyl/N-ethyl adjacent to an activating group) is 1. The van der Waals surface area contributed by atoms with Crippen LogP contribution in [0.25, 0.3) is 5.76 Å². The number of nitro benzene ring substituents is 1. The molecule has 1 fully saturated rings. The Bertz CT molecular complexity index is 1170. The molecule has 1 amide bonds. The number of aliphatic hydroxyl groups excluding tert-OH is 1. The molecule has 1 aliphatic rings. The van der Waals surface area contributed by atoms with Crippen LogP contribution in [0.3, 0.4) is 0 Å². The molecule has 186 valence electrons. The fourth-order valence-corrected chi connectivity index (χ4v) is 3.97. The van der Waals surface area contributed by atoms with Gasteiger partial charge in [-0.05, 0) is 56.3 Å². The van der Waals surface area contributed by atoms with Gasteiger partial charge >= 0.3 is 0 Å². The average molecular weight is 482 g/mol. The topological polar surface area (TPSA) is 113 Å². The number of ketones is 1. The van der Waals surface area contributed by atoms with Gasteiger partial charge in [-0.2, -0.15) is 0 Å². The minimum atomic E-state index is -0.953. The van der Waals surface area contributed by atoms with Gasteiger partial charge < -0.3 is 19.6 Å². The third-order valence-electron chi connectivity index (χ3n) is 5.76. The lowest BCUT2D eigenvalue weighted by atomic mass is 9.93. The van der Waals surface area contributed by atoms with Crippen molar-refractivity contribution in [3.05, 3.63) is 74.8 Å². The summed E-state index contributed by atoms with van der Waals surface area (Å²) in [6, 6.07) is 9.97. The van der Waals surface area contributed by atoms with E-state index in [9.17, 15) is 24.8 Å². The van der Waals surface area contributed by atoms with E-state index in [1.54, 1.807) is 31.2 Å². The van der Waals surface area contributed by atoms with Crippen molar-refractivity contribution in [2.75, 3.05) is 33.8 Å². The van der Waals surface area contributed by atoms with E-state index < -0.39 is 22.7 Å². The predicted molar refractivity (Wildman–Crippen MR) is 132 cm³/mol. The van der Waals surface area contributed by atoms with Crippen molar-refractivity contribution < 1.29 is 24.4 Å². The molecule has 2 aromatic rings. The normalized spacial score (nSPS) is 17.5. The molecule has 3 rings (SSSR count). The summed E-state index contributed by atoms with van der Waals surface area (Å²) in [5.74, 6) is -0.914. The summed E-state index contributed by atoms with van der Waals surface area (Å²) in [6.45, 7) is 7.07.